The summed E-state index contributed by atoms with van der Waals surface area (Å²) in [5.74, 6) is 0.858. The van der Waals surface area contributed by atoms with Gasteiger partial charge >= 0.3 is 11.9 Å². The zero-order chi connectivity index (χ0) is 26.4. The number of Topliss-reactive ketones (excluding diaryl/α,β-unsaturated/α-hetero) is 1. The number of ether oxygens (including phenoxy) is 2. The number of carbonyl (C=O) groups is 3. The Labute approximate surface area is 236 Å². The van der Waals surface area contributed by atoms with E-state index in [1.165, 1.54) is 6.42 Å². The Kier molecular flexibility index (Phi) is 7.93. The van der Waals surface area contributed by atoms with Gasteiger partial charge in [0, 0.05) is 17.3 Å². The van der Waals surface area contributed by atoms with Crippen LogP contribution in [-0.4, -0.2) is 39.6 Å². The van der Waals surface area contributed by atoms with Crippen LogP contribution >= 0.6 is 0 Å². The molecule has 0 amide bonds. The number of aliphatic hydroxyl groups is 1. The molecule has 0 aliphatic heterocycles. The number of carbonyl (C=O) groups excluding carboxylic acids is 3. The first kappa shape index (κ1) is 30.5. The molecule has 6 nitrogen and oxygen atoms in total. The largest absolute Gasteiger partial charge is 0.459 e. The zero-order valence-electron chi connectivity index (χ0n) is 23.2. The minimum absolute atomic E-state index is 0. The van der Waals surface area contributed by atoms with Crippen molar-refractivity contribution in [3.05, 3.63) is 0 Å². The highest BCUT2D eigenvalue weighted by Crippen LogP contribution is 2.65. The van der Waals surface area contributed by atoms with Crippen molar-refractivity contribution < 1.29 is 29.0 Å². The topological polar surface area (TPSA) is 89.9 Å². The Morgan fingerprint density at radius 2 is 1.51 bits per heavy atom. The van der Waals surface area contributed by atoms with E-state index >= 15 is 0 Å². The van der Waals surface area contributed by atoms with Crippen LogP contribution in [0.3, 0.4) is 0 Å². The Morgan fingerprint density at radius 1 is 0.923 bits per heavy atom. The average molecular weight is 547 g/mol. The van der Waals surface area contributed by atoms with Crippen molar-refractivity contribution in [2.24, 2.45) is 46.8 Å². The molecule has 0 aromatic carbocycles. The fraction of sp³-hybridized carbons (Fsp3) is 0.909. The van der Waals surface area contributed by atoms with Gasteiger partial charge in [0.2, 0.25) is 0 Å². The van der Waals surface area contributed by atoms with E-state index in [-0.39, 0.29) is 50.0 Å². The highest BCUT2D eigenvalue weighted by Gasteiger charge is 2.63. The Bertz CT molecular complexity index is 951. The maximum atomic E-state index is 13.5. The molecule has 8 bridgehead atoms. The predicted molar refractivity (Wildman–Crippen MR) is 151 cm³/mol. The van der Waals surface area contributed by atoms with Gasteiger partial charge in [-0.15, -0.1) is 0 Å². The van der Waals surface area contributed by atoms with E-state index in [9.17, 15) is 19.5 Å². The Balaban J connectivity index is 0.00000176. The molecule has 1 N–H and O–H groups in total. The smallest absolute Gasteiger partial charge is 0.309 e. The zero-order valence-corrected chi connectivity index (χ0v) is 23.2. The van der Waals surface area contributed by atoms with Crippen molar-refractivity contribution in [1.29, 1.82) is 0 Å². The van der Waals surface area contributed by atoms with E-state index in [1.54, 1.807) is 0 Å². The Morgan fingerprint density at radius 3 is 2.05 bits per heavy atom. The van der Waals surface area contributed by atoms with Crippen LogP contribution in [0, 0.1) is 46.8 Å². The minimum atomic E-state index is -0.654. The SMILES string of the molecule is C.C.CCC(CC(C)C(=O)OC12CC3CC(C1)C(=O)C(C3)C2)C(=O)OC(C)(C)C12CC3CC(CC(O)(C3)C1)C2. The van der Waals surface area contributed by atoms with Crippen LogP contribution in [0.2, 0.25) is 0 Å². The van der Waals surface area contributed by atoms with Crippen molar-refractivity contribution in [3.8, 4) is 0 Å². The Hall–Kier alpha value is -1.43. The van der Waals surface area contributed by atoms with Crippen molar-refractivity contribution in [2.45, 2.75) is 143 Å². The van der Waals surface area contributed by atoms with Gasteiger partial charge < -0.3 is 14.6 Å². The van der Waals surface area contributed by atoms with Crippen molar-refractivity contribution in [2.75, 3.05) is 0 Å². The van der Waals surface area contributed by atoms with Crippen LogP contribution in [0.4, 0.5) is 0 Å². The second kappa shape index (κ2) is 10.1. The van der Waals surface area contributed by atoms with E-state index in [1.807, 2.05) is 27.7 Å². The van der Waals surface area contributed by atoms with Gasteiger partial charge in [-0.2, -0.15) is 0 Å². The summed E-state index contributed by atoms with van der Waals surface area (Å²) in [7, 11) is 0. The van der Waals surface area contributed by atoms with Gasteiger partial charge in [0.1, 0.15) is 17.0 Å². The summed E-state index contributed by atoms with van der Waals surface area (Å²) < 4.78 is 12.5. The molecule has 0 spiro atoms. The van der Waals surface area contributed by atoms with E-state index in [0.29, 0.717) is 49.2 Å². The lowest BCUT2D eigenvalue weighted by Gasteiger charge is -2.64. The van der Waals surface area contributed by atoms with Gasteiger partial charge in [0.05, 0.1) is 17.4 Å². The third kappa shape index (κ3) is 5.10. The molecule has 0 aromatic heterocycles. The van der Waals surface area contributed by atoms with Gasteiger partial charge in [-0.3, -0.25) is 14.4 Å². The average Bonchev–Trinajstić information content (AvgIpc) is 2.77. The summed E-state index contributed by atoms with van der Waals surface area (Å²) in [4.78, 5) is 39.3. The maximum absolute atomic E-state index is 13.5. The number of rotatable bonds is 8. The molecule has 6 heteroatoms. The summed E-state index contributed by atoms with van der Waals surface area (Å²) in [6.07, 6.45) is 11.0. The van der Waals surface area contributed by atoms with Crippen LogP contribution in [0.15, 0.2) is 0 Å². The van der Waals surface area contributed by atoms with Gasteiger partial charge in [-0.1, -0.05) is 28.7 Å². The standard InChI is InChI=1S/C31H46O6.2CH4/c1-5-22(6-18(2)26(33)37-31-14-19-8-23(15-31)25(32)24(9-19)16-31)27(34)36-28(3,4)29-10-20-7-21(11-29)13-30(35,12-20)17-29;;/h18-24,35H,5-17H2,1-4H3;2*1H4. The normalized spacial score (nSPS) is 42.8. The second-order valence-electron chi connectivity index (χ2n) is 15.0. The van der Waals surface area contributed by atoms with Gasteiger partial charge in [-0.25, -0.2) is 0 Å². The molecule has 222 valence electrons. The number of hydrogen-bond acceptors (Lipinski definition) is 6. The quantitative estimate of drug-likeness (QED) is 0.343. The first-order chi connectivity index (χ1) is 17.3. The highest BCUT2D eigenvalue weighted by molar-refractivity contribution is 5.86. The molecule has 0 aromatic rings. The molecule has 8 fully saturated rings. The summed E-state index contributed by atoms with van der Waals surface area (Å²) >= 11 is 0. The fourth-order valence-corrected chi connectivity index (χ4v) is 10.4. The number of esters is 2. The molecule has 6 atom stereocenters. The summed E-state index contributed by atoms with van der Waals surface area (Å²) in [6, 6.07) is 0. The lowest BCUT2D eigenvalue weighted by Crippen LogP contribution is -2.63. The molecule has 8 rings (SSSR count). The summed E-state index contributed by atoms with van der Waals surface area (Å²) in [5.41, 5.74) is -1.89. The minimum Gasteiger partial charge on any atom is -0.459 e. The molecule has 8 saturated carbocycles. The number of hydrogen-bond donors (Lipinski definition) is 1. The monoisotopic (exact) mass is 546 g/mol. The molecule has 39 heavy (non-hydrogen) atoms. The molecule has 0 heterocycles. The third-order valence-corrected chi connectivity index (χ3v) is 11.8. The van der Waals surface area contributed by atoms with Crippen LogP contribution in [0.1, 0.15) is 126 Å². The van der Waals surface area contributed by atoms with Crippen LogP contribution in [0.5, 0.6) is 0 Å². The molecular formula is C33H54O6. The van der Waals surface area contributed by atoms with Crippen molar-refractivity contribution >= 4 is 17.7 Å². The first-order valence-electron chi connectivity index (χ1n) is 15.1. The lowest BCUT2D eigenvalue weighted by atomic mass is 9.44. The summed E-state index contributed by atoms with van der Waals surface area (Å²) in [6.45, 7) is 7.93. The van der Waals surface area contributed by atoms with E-state index < -0.39 is 22.7 Å². The van der Waals surface area contributed by atoms with Crippen LogP contribution < -0.4 is 0 Å². The predicted octanol–water partition coefficient (Wildman–Crippen LogP) is 6.66. The third-order valence-electron chi connectivity index (χ3n) is 11.8. The molecule has 0 saturated heterocycles. The van der Waals surface area contributed by atoms with Crippen molar-refractivity contribution in [3.63, 3.8) is 0 Å². The van der Waals surface area contributed by atoms with E-state index in [2.05, 4.69) is 0 Å². The molecular weight excluding hydrogens is 492 g/mol. The molecule has 8 aliphatic carbocycles. The fourth-order valence-electron chi connectivity index (χ4n) is 10.4. The van der Waals surface area contributed by atoms with Crippen LogP contribution in [-0.2, 0) is 23.9 Å². The second-order valence-corrected chi connectivity index (χ2v) is 15.0. The van der Waals surface area contributed by atoms with Gasteiger partial charge in [-0.05, 0) is 115 Å². The molecule has 0 radical (unpaired) electrons. The first-order valence-corrected chi connectivity index (χ1v) is 15.1. The van der Waals surface area contributed by atoms with Crippen molar-refractivity contribution in [1.82, 2.24) is 0 Å². The molecule has 8 aliphatic rings. The van der Waals surface area contributed by atoms with Crippen LogP contribution in [0.25, 0.3) is 0 Å². The summed E-state index contributed by atoms with van der Waals surface area (Å²) in [5, 5.41) is 11.2. The molecule has 6 unspecified atom stereocenters. The number of ketones is 1. The highest BCUT2D eigenvalue weighted by atomic mass is 16.6. The lowest BCUT2D eigenvalue weighted by molar-refractivity contribution is -0.234. The van der Waals surface area contributed by atoms with Gasteiger partial charge in [0.25, 0.3) is 0 Å². The van der Waals surface area contributed by atoms with Gasteiger partial charge in [0.15, 0.2) is 0 Å². The van der Waals surface area contributed by atoms with E-state index in [0.717, 1.165) is 51.4 Å². The van der Waals surface area contributed by atoms with E-state index in [4.69, 9.17) is 9.47 Å². The maximum Gasteiger partial charge on any atom is 0.309 e.